The number of methoxy groups -OCH3 is 2. The van der Waals surface area contributed by atoms with Crippen molar-refractivity contribution in [3.63, 3.8) is 0 Å². The molecule has 1 aromatic carbocycles. The summed E-state index contributed by atoms with van der Waals surface area (Å²) in [7, 11) is 2.50. The summed E-state index contributed by atoms with van der Waals surface area (Å²) in [4.78, 5) is 41.4. The van der Waals surface area contributed by atoms with Crippen LogP contribution < -0.4 is 5.32 Å². The maximum Gasteiger partial charge on any atom is 0.348 e. The lowest BCUT2D eigenvalue weighted by Crippen LogP contribution is -2.46. The molecule has 178 valence electrons. The third-order valence-corrected chi connectivity index (χ3v) is 6.82. The van der Waals surface area contributed by atoms with Gasteiger partial charge in [0.25, 0.3) is 0 Å². The predicted octanol–water partition coefficient (Wildman–Crippen LogP) is 2.92. The fourth-order valence-corrected chi connectivity index (χ4v) is 4.85. The number of hydrogen-bond donors (Lipinski definition) is 1. The second-order valence-electron chi connectivity index (χ2n) is 7.75. The summed E-state index contributed by atoms with van der Waals surface area (Å²) in [6, 6.07) is 6.79. The van der Waals surface area contributed by atoms with Gasteiger partial charge in [0.1, 0.15) is 15.7 Å². The van der Waals surface area contributed by atoms with Crippen molar-refractivity contribution in [2.24, 2.45) is 0 Å². The average molecular weight is 478 g/mol. The standard InChI is InChI=1S/C23H28FN3O5S/c1-15-19(22(29)31-2)21(33-20(15)23(30)32-3)25-18(28)8-9-26-10-12-27(13-11-26)14-16-6-4-5-7-17(16)24/h4-7H,8-14H2,1-3H3,(H,25,28). The lowest BCUT2D eigenvalue weighted by molar-refractivity contribution is -0.116. The van der Waals surface area contributed by atoms with E-state index in [0.29, 0.717) is 24.2 Å². The fourth-order valence-electron chi connectivity index (χ4n) is 3.72. The van der Waals surface area contributed by atoms with Crippen LogP contribution in [0.3, 0.4) is 0 Å². The van der Waals surface area contributed by atoms with Crippen molar-refractivity contribution in [1.29, 1.82) is 0 Å². The van der Waals surface area contributed by atoms with Crippen molar-refractivity contribution in [2.45, 2.75) is 19.9 Å². The molecule has 0 atom stereocenters. The summed E-state index contributed by atoms with van der Waals surface area (Å²) in [5.41, 5.74) is 1.27. The number of nitrogens with zero attached hydrogens (tertiary/aromatic N) is 2. The van der Waals surface area contributed by atoms with E-state index in [0.717, 1.165) is 37.5 Å². The van der Waals surface area contributed by atoms with Crippen LogP contribution in [0.1, 0.15) is 37.6 Å². The molecular formula is C23H28FN3O5S. The molecule has 1 aromatic heterocycles. The van der Waals surface area contributed by atoms with Crippen molar-refractivity contribution >= 4 is 34.2 Å². The maximum absolute atomic E-state index is 13.9. The van der Waals surface area contributed by atoms with Gasteiger partial charge in [-0.05, 0) is 18.6 Å². The Morgan fingerprint density at radius 2 is 1.67 bits per heavy atom. The zero-order valence-electron chi connectivity index (χ0n) is 19.0. The van der Waals surface area contributed by atoms with Gasteiger partial charge in [-0.25, -0.2) is 14.0 Å². The summed E-state index contributed by atoms with van der Waals surface area (Å²) in [5.74, 6) is -1.65. The minimum absolute atomic E-state index is 0.165. The Morgan fingerprint density at radius 1 is 1.03 bits per heavy atom. The number of piperazine rings is 1. The number of esters is 2. The first-order valence-corrected chi connectivity index (χ1v) is 11.4. The lowest BCUT2D eigenvalue weighted by atomic mass is 10.1. The molecule has 1 amide bonds. The Balaban J connectivity index is 1.52. The first-order valence-electron chi connectivity index (χ1n) is 10.6. The van der Waals surface area contributed by atoms with Crippen molar-refractivity contribution < 1.29 is 28.2 Å². The molecule has 1 fully saturated rings. The zero-order valence-corrected chi connectivity index (χ0v) is 19.8. The van der Waals surface area contributed by atoms with Crippen molar-refractivity contribution in [3.05, 3.63) is 51.7 Å². The summed E-state index contributed by atoms with van der Waals surface area (Å²) in [5, 5.41) is 3.02. The molecule has 0 spiro atoms. The highest BCUT2D eigenvalue weighted by Gasteiger charge is 2.27. The molecule has 1 saturated heterocycles. The van der Waals surface area contributed by atoms with E-state index in [1.54, 1.807) is 19.1 Å². The molecule has 0 bridgehead atoms. The quantitative estimate of drug-likeness (QED) is 0.585. The molecule has 3 rings (SSSR count). The molecule has 8 nitrogen and oxygen atoms in total. The highest BCUT2D eigenvalue weighted by molar-refractivity contribution is 7.18. The van der Waals surface area contributed by atoms with E-state index >= 15 is 0 Å². The molecule has 1 aliphatic rings. The van der Waals surface area contributed by atoms with Gasteiger partial charge in [-0.3, -0.25) is 9.69 Å². The van der Waals surface area contributed by atoms with Gasteiger partial charge in [0, 0.05) is 51.3 Å². The Kier molecular flexibility index (Phi) is 8.54. The number of carbonyl (C=O) groups excluding carboxylic acids is 3. The van der Waals surface area contributed by atoms with Gasteiger partial charge in [0.05, 0.1) is 19.8 Å². The Labute approximate surface area is 196 Å². The lowest BCUT2D eigenvalue weighted by Gasteiger charge is -2.34. The van der Waals surface area contributed by atoms with Gasteiger partial charge in [0.2, 0.25) is 5.91 Å². The van der Waals surface area contributed by atoms with Gasteiger partial charge in [0.15, 0.2) is 0 Å². The molecule has 1 aliphatic heterocycles. The summed E-state index contributed by atoms with van der Waals surface area (Å²) in [6.07, 6.45) is 0.235. The second kappa shape index (κ2) is 11.4. The minimum atomic E-state index is -0.625. The van der Waals surface area contributed by atoms with Crippen LogP contribution in [0.5, 0.6) is 0 Å². The number of benzene rings is 1. The molecule has 0 unspecified atom stereocenters. The van der Waals surface area contributed by atoms with E-state index in [9.17, 15) is 18.8 Å². The van der Waals surface area contributed by atoms with Crippen LogP contribution >= 0.6 is 11.3 Å². The first kappa shape index (κ1) is 24.8. The number of amides is 1. The number of rotatable bonds is 8. The van der Waals surface area contributed by atoms with E-state index in [1.165, 1.54) is 20.3 Å². The zero-order chi connectivity index (χ0) is 24.0. The molecule has 0 aliphatic carbocycles. The van der Waals surface area contributed by atoms with E-state index < -0.39 is 11.9 Å². The first-order chi connectivity index (χ1) is 15.8. The monoisotopic (exact) mass is 477 g/mol. The van der Waals surface area contributed by atoms with Crippen LogP contribution in [0, 0.1) is 12.7 Å². The highest BCUT2D eigenvalue weighted by atomic mass is 32.1. The summed E-state index contributed by atoms with van der Waals surface area (Å²) < 4.78 is 23.4. The second-order valence-corrected chi connectivity index (χ2v) is 8.77. The summed E-state index contributed by atoms with van der Waals surface area (Å²) in [6.45, 7) is 5.87. The van der Waals surface area contributed by atoms with Gasteiger partial charge in [-0.15, -0.1) is 11.3 Å². The number of carbonyl (C=O) groups is 3. The van der Waals surface area contributed by atoms with Gasteiger partial charge >= 0.3 is 11.9 Å². The average Bonchev–Trinajstić information content (AvgIpc) is 3.14. The van der Waals surface area contributed by atoms with Crippen LogP contribution in [0.25, 0.3) is 0 Å². The molecule has 2 heterocycles. The van der Waals surface area contributed by atoms with Crippen LogP contribution in [-0.4, -0.2) is 74.6 Å². The summed E-state index contributed by atoms with van der Waals surface area (Å²) >= 11 is 0.996. The van der Waals surface area contributed by atoms with Crippen LogP contribution in [-0.2, 0) is 20.8 Å². The van der Waals surface area contributed by atoms with Crippen LogP contribution in [0.15, 0.2) is 24.3 Å². The molecular weight excluding hydrogens is 449 g/mol. The molecule has 0 saturated carbocycles. The number of nitrogens with one attached hydrogen (secondary N) is 1. The molecule has 1 N–H and O–H groups in total. The van der Waals surface area contributed by atoms with Crippen LogP contribution in [0.4, 0.5) is 9.39 Å². The normalized spacial score (nSPS) is 14.7. The number of anilines is 1. The Bertz CT molecular complexity index is 1020. The maximum atomic E-state index is 13.9. The molecule has 10 heteroatoms. The minimum Gasteiger partial charge on any atom is -0.465 e. The molecule has 33 heavy (non-hydrogen) atoms. The largest absolute Gasteiger partial charge is 0.465 e. The third-order valence-electron chi connectivity index (χ3n) is 5.63. The van der Waals surface area contributed by atoms with Crippen molar-refractivity contribution in [2.75, 3.05) is 52.3 Å². The number of hydrogen-bond acceptors (Lipinski definition) is 8. The van der Waals surface area contributed by atoms with Gasteiger partial charge < -0.3 is 19.7 Å². The van der Waals surface area contributed by atoms with Crippen molar-refractivity contribution in [3.8, 4) is 0 Å². The molecule has 2 aromatic rings. The smallest absolute Gasteiger partial charge is 0.348 e. The van der Waals surface area contributed by atoms with Crippen molar-refractivity contribution in [1.82, 2.24) is 9.80 Å². The Hall–Kier alpha value is -2.82. The fraction of sp³-hybridized carbons (Fsp3) is 0.435. The third kappa shape index (κ3) is 6.16. The number of thiophene rings is 1. The predicted molar refractivity (Wildman–Crippen MR) is 123 cm³/mol. The van der Waals surface area contributed by atoms with E-state index in [4.69, 9.17) is 9.47 Å². The van der Waals surface area contributed by atoms with Gasteiger partial charge in [-0.1, -0.05) is 18.2 Å². The van der Waals surface area contributed by atoms with E-state index in [-0.39, 0.29) is 33.6 Å². The number of halogens is 1. The topological polar surface area (TPSA) is 88.2 Å². The Morgan fingerprint density at radius 3 is 2.30 bits per heavy atom. The SMILES string of the molecule is COC(=O)c1sc(NC(=O)CCN2CCN(Cc3ccccc3F)CC2)c(C(=O)OC)c1C. The van der Waals surface area contributed by atoms with E-state index in [2.05, 4.69) is 15.1 Å². The van der Waals surface area contributed by atoms with Gasteiger partial charge in [-0.2, -0.15) is 0 Å². The van der Waals surface area contributed by atoms with E-state index in [1.807, 2.05) is 6.07 Å². The highest BCUT2D eigenvalue weighted by Crippen LogP contribution is 2.34. The van der Waals surface area contributed by atoms with Crippen LogP contribution in [0.2, 0.25) is 0 Å². The number of ether oxygens (including phenoxy) is 2. The molecule has 0 radical (unpaired) electrons.